The van der Waals surface area contributed by atoms with E-state index in [1.165, 1.54) is 0 Å². The van der Waals surface area contributed by atoms with Gasteiger partial charge in [-0.2, -0.15) is 0 Å². The molecule has 11 heteroatoms. The Bertz CT molecular complexity index is 1240. The number of fused-ring (bicyclic) bond motifs is 4. The Balaban J connectivity index is 1.57. The zero-order valence-corrected chi connectivity index (χ0v) is 19.4. The largest absolute Gasteiger partial charge is 0.486 e. The highest BCUT2D eigenvalue weighted by Gasteiger charge is 2.75. The number of aliphatic imine (C=N–C) groups is 1. The lowest BCUT2D eigenvalue weighted by Crippen LogP contribution is -2.75. The second-order valence-electron chi connectivity index (χ2n) is 9.07. The summed E-state index contributed by atoms with van der Waals surface area (Å²) in [5.74, 6) is 0.634. The molecule has 2 amide bonds. The van der Waals surface area contributed by atoms with Gasteiger partial charge in [-0.15, -0.1) is 4.90 Å². The van der Waals surface area contributed by atoms with Crippen molar-refractivity contribution in [1.82, 2.24) is 9.88 Å². The van der Waals surface area contributed by atoms with Crippen molar-refractivity contribution in [3.05, 3.63) is 46.7 Å². The van der Waals surface area contributed by atoms with Crippen LogP contribution in [0.5, 0.6) is 5.75 Å². The Morgan fingerprint density at radius 1 is 1.03 bits per heavy atom. The number of hydrogen-bond acceptors (Lipinski definition) is 7. The number of imide groups is 1. The normalized spacial score (nSPS) is 24.9. The van der Waals surface area contributed by atoms with Crippen LogP contribution >= 0.6 is 15.9 Å². The standard InChI is InChI=1S/C23H20BrN3O7/c24-15-6-14(8-25-9-15)13-2-3-17-16(7-13)23(12-33-18(26-23)27(19(28)29)20(30)31)21(10-32-11-21)22(34-17)4-1-5-22/h2-3,6-9H,1,4-5,10-12H2,(H,28,29)(H,30,31). The fraction of sp³-hybridized carbons (Fsp3) is 0.391. The van der Waals surface area contributed by atoms with Gasteiger partial charge in [0.05, 0.1) is 18.6 Å². The number of nitrogens with zero attached hydrogens (tertiary/aromatic N) is 3. The van der Waals surface area contributed by atoms with Crippen molar-refractivity contribution < 1.29 is 34.0 Å². The third kappa shape index (κ3) is 2.65. The van der Waals surface area contributed by atoms with Gasteiger partial charge >= 0.3 is 18.2 Å². The molecule has 1 aliphatic carbocycles. The molecule has 34 heavy (non-hydrogen) atoms. The van der Waals surface area contributed by atoms with Gasteiger partial charge in [-0.05, 0) is 59.0 Å². The van der Waals surface area contributed by atoms with Crippen molar-refractivity contribution in [2.75, 3.05) is 19.8 Å². The van der Waals surface area contributed by atoms with Gasteiger partial charge in [0.1, 0.15) is 23.5 Å². The Labute approximate surface area is 202 Å². The van der Waals surface area contributed by atoms with Crippen LogP contribution in [0.15, 0.2) is 46.1 Å². The molecule has 1 aromatic carbocycles. The van der Waals surface area contributed by atoms with E-state index in [-0.39, 0.29) is 11.5 Å². The van der Waals surface area contributed by atoms with Crippen LogP contribution in [0, 0.1) is 5.41 Å². The van der Waals surface area contributed by atoms with Gasteiger partial charge in [-0.1, -0.05) is 6.07 Å². The van der Waals surface area contributed by atoms with Crippen LogP contribution in [0.25, 0.3) is 11.1 Å². The Kier molecular flexibility index (Phi) is 4.50. The van der Waals surface area contributed by atoms with Crippen LogP contribution in [0.1, 0.15) is 24.8 Å². The molecule has 3 aliphatic heterocycles. The zero-order valence-electron chi connectivity index (χ0n) is 17.9. The summed E-state index contributed by atoms with van der Waals surface area (Å²) in [5, 5.41) is 19.0. The van der Waals surface area contributed by atoms with E-state index in [0.717, 1.165) is 40.4 Å². The van der Waals surface area contributed by atoms with E-state index in [4.69, 9.17) is 19.2 Å². The first kappa shape index (κ1) is 21.4. The predicted molar refractivity (Wildman–Crippen MR) is 121 cm³/mol. The topological polar surface area (TPSA) is 131 Å². The number of amidine groups is 1. The fourth-order valence-corrected chi connectivity index (χ4v) is 6.03. The monoisotopic (exact) mass is 529 g/mol. The highest BCUT2D eigenvalue weighted by molar-refractivity contribution is 9.10. The van der Waals surface area contributed by atoms with Crippen molar-refractivity contribution in [3.8, 4) is 16.9 Å². The highest BCUT2D eigenvalue weighted by atomic mass is 79.9. The molecule has 0 radical (unpaired) electrons. The van der Waals surface area contributed by atoms with Crippen molar-refractivity contribution >= 4 is 34.1 Å². The molecule has 4 aliphatic rings. The van der Waals surface area contributed by atoms with Crippen LogP contribution in [0.4, 0.5) is 9.59 Å². The molecule has 2 aromatic rings. The molecule has 176 valence electrons. The van der Waals surface area contributed by atoms with Crippen LogP contribution in [0.3, 0.4) is 0 Å². The molecule has 2 N–H and O–H groups in total. The third-order valence-corrected chi connectivity index (χ3v) is 7.99. The van der Waals surface area contributed by atoms with E-state index in [1.807, 2.05) is 24.3 Å². The lowest BCUT2D eigenvalue weighted by molar-refractivity contribution is -0.281. The lowest BCUT2D eigenvalue weighted by Gasteiger charge is -2.66. The van der Waals surface area contributed by atoms with Crippen molar-refractivity contribution in [2.24, 2.45) is 10.4 Å². The maximum Gasteiger partial charge on any atom is 0.425 e. The summed E-state index contributed by atoms with van der Waals surface area (Å²) in [6.07, 6.45) is 2.69. The number of benzene rings is 1. The number of hydrogen-bond donors (Lipinski definition) is 2. The summed E-state index contributed by atoms with van der Waals surface area (Å²) in [5.41, 5.74) is 0.258. The third-order valence-electron chi connectivity index (χ3n) is 7.56. The molecule has 2 fully saturated rings. The average molecular weight is 530 g/mol. The second-order valence-corrected chi connectivity index (χ2v) is 9.99. The van der Waals surface area contributed by atoms with Crippen molar-refractivity contribution in [2.45, 2.75) is 30.4 Å². The molecule has 3 spiro atoms. The van der Waals surface area contributed by atoms with Crippen molar-refractivity contribution in [3.63, 3.8) is 0 Å². The van der Waals surface area contributed by atoms with Crippen LogP contribution in [-0.2, 0) is 15.0 Å². The van der Waals surface area contributed by atoms with E-state index in [9.17, 15) is 19.8 Å². The first-order valence-electron chi connectivity index (χ1n) is 10.8. The first-order chi connectivity index (χ1) is 16.3. The van der Waals surface area contributed by atoms with Gasteiger partial charge in [0, 0.05) is 28.0 Å². The summed E-state index contributed by atoms with van der Waals surface area (Å²) >= 11 is 3.45. The molecule has 1 atom stereocenters. The van der Waals surface area contributed by atoms with E-state index in [2.05, 4.69) is 20.9 Å². The average Bonchev–Trinajstić information content (AvgIpc) is 3.15. The molecule has 1 saturated heterocycles. The summed E-state index contributed by atoms with van der Waals surface area (Å²) in [7, 11) is 0. The predicted octanol–water partition coefficient (Wildman–Crippen LogP) is 4.08. The second kappa shape index (κ2) is 7.16. The van der Waals surface area contributed by atoms with Gasteiger partial charge in [0.2, 0.25) is 0 Å². The van der Waals surface area contributed by atoms with E-state index in [1.54, 1.807) is 12.4 Å². The Hall–Kier alpha value is -3.18. The Morgan fingerprint density at radius 3 is 2.38 bits per heavy atom. The minimum absolute atomic E-state index is 0.0128. The van der Waals surface area contributed by atoms with Gasteiger partial charge < -0.3 is 24.4 Å². The fourth-order valence-electron chi connectivity index (χ4n) is 5.66. The minimum atomic E-state index is -1.68. The van der Waals surface area contributed by atoms with E-state index < -0.39 is 34.8 Å². The molecule has 1 aromatic heterocycles. The maximum absolute atomic E-state index is 11.7. The molecule has 0 bridgehead atoms. The number of carboxylic acid groups (broad SMARTS) is 2. The van der Waals surface area contributed by atoms with E-state index in [0.29, 0.717) is 19.0 Å². The Morgan fingerprint density at radius 2 is 1.79 bits per heavy atom. The number of amides is 2. The molecule has 6 rings (SSSR count). The molecular formula is C23H20BrN3O7. The number of carbonyl (C=O) groups is 2. The smallest absolute Gasteiger partial charge is 0.425 e. The summed E-state index contributed by atoms with van der Waals surface area (Å²) in [4.78, 5) is 32.5. The molecule has 1 unspecified atom stereocenters. The number of aromatic nitrogens is 1. The number of halogens is 1. The van der Waals surface area contributed by atoms with Crippen LogP contribution < -0.4 is 4.74 Å². The number of rotatable bonds is 1. The minimum Gasteiger partial charge on any atom is -0.486 e. The van der Waals surface area contributed by atoms with Gasteiger partial charge in [-0.3, -0.25) is 4.98 Å². The maximum atomic E-state index is 11.7. The van der Waals surface area contributed by atoms with E-state index >= 15 is 0 Å². The SMILES string of the molecule is O=C(O)N(C(=O)O)C1=NC2(CO1)c1cc(-c3cncc(Br)c3)ccc1OC1(CCC1)C21COC1. The molecule has 4 heterocycles. The first-order valence-corrected chi connectivity index (χ1v) is 11.6. The number of ether oxygens (including phenoxy) is 3. The lowest BCUT2D eigenvalue weighted by atomic mass is 9.49. The van der Waals surface area contributed by atoms with Crippen molar-refractivity contribution in [1.29, 1.82) is 0 Å². The summed E-state index contributed by atoms with van der Waals surface area (Å²) in [6, 6.07) is 7.27. The molecule has 1 saturated carbocycles. The van der Waals surface area contributed by atoms with Gasteiger partial charge in [0.15, 0.2) is 0 Å². The van der Waals surface area contributed by atoms with Gasteiger partial charge in [0.25, 0.3) is 0 Å². The summed E-state index contributed by atoms with van der Waals surface area (Å²) in [6.45, 7) is 0.700. The van der Waals surface area contributed by atoms with Crippen LogP contribution in [-0.4, -0.2) is 63.7 Å². The molecule has 10 nitrogen and oxygen atoms in total. The van der Waals surface area contributed by atoms with Crippen LogP contribution in [0.2, 0.25) is 0 Å². The summed E-state index contributed by atoms with van der Waals surface area (Å²) < 4.78 is 18.9. The highest BCUT2D eigenvalue weighted by Crippen LogP contribution is 2.67. The zero-order chi connectivity index (χ0) is 23.7. The molecular weight excluding hydrogens is 510 g/mol. The van der Waals surface area contributed by atoms with Gasteiger partial charge in [-0.25, -0.2) is 14.6 Å². The quantitative estimate of drug-likeness (QED) is 0.564. The number of pyridine rings is 1.